The third-order valence-electron chi connectivity index (χ3n) is 2.72. The molecule has 76 valence electrons. The highest BCUT2D eigenvalue weighted by Gasteiger charge is 2.26. The summed E-state index contributed by atoms with van der Waals surface area (Å²) in [6.45, 7) is 2.67. The van der Waals surface area contributed by atoms with Crippen molar-refractivity contribution in [3.63, 3.8) is 0 Å². The van der Waals surface area contributed by atoms with Gasteiger partial charge in [-0.15, -0.1) is 0 Å². The van der Waals surface area contributed by atoms with Crippen LogP contribution in [0.3, 0.4) is 0 Å². The van der Waals surface area contributed by atoms with Gasteiger partial charge in [0.1, 0.15) is 0 Å². The molecule has 0 unspecified atom stereocenters. The summed E-state index contributed by atoms with van der Waals surface area (Å²) in [6.07, 6.45) is 4.17. The summed E-state index contributed by atoms with van der Waals surface area (Å²) in [5, 5.41) is 0. The number of hydrogen-bond donors (Lipinski definition) is 1. The summed E-state index contributed by atoms with van der Waals surface area (Å²) in [7, 11) is 0. The molecule has 1 saturated carbocycles. The van der Waals surface area contributed by atoms with Gasteiger partial charge in [-0.3, -0.25) is 4.98 Å². The van der Waals surface area contributed by atoms with Crippen LogP contribution in [0.1, 0.15) is 24.1 Å². The Balaban J connectivity index is 1.83. The number of aromatic nitrogens is 1. The number of pyridine rings is 1. The average Bonchev–Trinajstić information content (AvgIpc) is 2.13. The highest BCUT2D eigenvalue weighted by molar-refractivity contribution is 5.17. The second kappa shape index (κ2) is 4.07. The zero-order valence-electron chi connectivity index (χ0n) is 8.44. The maximum absolute atomic E-state index is 5.70. The van der Waals surface area contributed by atoms with Crippen LogP contribution < -0.4 is 5.73 Å². The molecule has 1 aliphatic rings. The van der Waals surface area contributed by atoms with Gasteiger partial charge in [0, 0.05) is 17.9 Å². The maximum atomic E-state index is 5.70. The second-order valence-electron chi connectivity index (χ2n) is 3.91. The van der Waals surface area contributed by atoms with Crippen LogP contribution in [0.5, 0.6) is 0 Å². The van der Waals surface area contributed by atoms with Crippen LogP contribution in [-0.2, 0) is 11.3 Å². The first-order valence-corrected chi connectivity index (χ1v) is 5.03. The molecule has 0 bridgehead atoms. The summed E-state index contributed by atoms with van der Waals surface area (Å²) in [4.78, 5) is 4.21. The third kappa shape index (κ3) is 2.11. The Kier molecular flexibility index (Phi) is 2.79. The van der Waals surface area contributed by atoms with Crippen LogP contribution in [0.2, 0.25) is 0 Å². The first-order valence-electron chi connectivity index (χ1n) is 5.03. The predicted molar refractivity (Wildman–Crippen MR) is 54.8 cm³/mol. The first kappa shape index (κ1) is 9.62. The van der Waals surface area contributed by atoms with Gasteiger partial charge in [-0.05, 0) is 31.4 Å². The highest BCUT2D eigenvalue weighted by Crippen LogP contribution is 2.22. The maximum Gasteiger partial charge on any atom is 0.0738 e. The van der Waals surface area contributed by atoms with E-state index in [9.17, 15) is 0 Å². The molecule has 2 rings (SSSR count). The monoisotopic (exact) mass is 192 g/mol. The molecule has 1 aromatic heterocycles. The molecule has 0 aliphatic heterocycles. The SMILES string of the molecule is Cc1ncccc1COC1CC(N)C1. The topological polar surface area (TPSA) is 48.1 Å². The number of nitrogens with two attached hydrogens (primary N) is 1. The van der Waals surface area contributed by atoms with E-state index in [1.165, 1.54) is 5.56 Å². The fourth-order valence-electron chi connectivity index (χ4n) is 1.62. The van der Waals surface area contributed by atoms with Crippen molar-refractivity contribution in [3.8, 4) is 0 Å². The molecule has 1 heterocycles. The van der Waals surface area contributed by atoms with Gasteiger partial charge in [0.15, 0.2) is 0 Å². The van der Waals surface area contributed by atoms with E-state index in [-0.39, 0.29) is 0 Å². The number of nitrogens with zero attached hydrogens (tertiary/aromatic N) is 1. The quantitative estimate of drug-likeness (QED) is 0.787. The molecule has 14 heavy (non-hydrogen) atoms. The van der Waals surface area contributed by atoms with Crippen molar-refractivity contribution >= 4 is 0 Å². The largest absolute Gasteiger partial charge is 0.373 e. The van der Waals surface area contributed by atoms with E-state index in [4.69, 9.17) is 10.5 Å². The number of rotatable bonds is 3. The molecule has 0 radical (unpaired) electrons. The molecular weight excluding hydrogens is 176 g/mol. The van der Waals surface area contributed by atoms with E-state index in [1.54, 1.807) is 6.20 Å². The number of ether oxygens (including phenoxy) is 1. The molecule has 0 atom stereocenters. The minimum Gasteiger partial charge on any atom is -0.373 e. The van der Waals surface area contributed by atoms with Gasteiger partial charge in [-0.2, -0.15) is 0 Å². The van der Waals surface area contributed by atoms with Gasteiger partial charge in [-0.25, -0.2) is 0 Å². The van der Waals surface area contributed by atoms with Crippen LogP contribution in [0.4, 0.5) is 0 Å². The lowest BCUT2D eigenvalue weighted by atomic mass is 9.90. The lowest BCUT2D eigenvalue weighted by Crippen LogP contribution is -2.41. The van der Waals surface area contributed by atoms with Gasteiger partial charge >= 0.3 is 0 Å². The Morgan fingerprint density at radius 2 is 2.36 bits per heavy atom. The highest BCUT2D eigenvalue weighted by atomic mass is 16.5. The standard InChI is InChI=1S/C11H16N2O/c1-8-9(3-2-4-13-8)7-14-11-5-10(12)6-11/h2-4,10-11H,5-7,12H2,1H3. The zero-order valence-corrected chi connectivity index (χ0v) is 8.44. The van der Waals surface area contributed by atoms with E-state index in [1.807, 2.05) is 13.0 Å². The van der Waals surface area contributed by atoms with Crippen LogP contribution >= 0.6 is 0 Å². The van der Waals surface area contributed by atoms with Crippen molar-refractivity contribution in [1.29, 1.82) is 0 Å². The van der Waals surface area contributed by atoms with Gasteiger partial charge in [0.25, 0.3) is 0 Å². The van der Waals surface area contributed by atoms with Crippen molar-refractivity contribution in [2.45, 2.75) is 38.5 Å². The molecule has 1 aliphatic carbocycles. The molecule has 3 nitrogen and oxygen atoms in total. The average molecular weight is 192 g/mol. The molecule has 0 saturated heterocycles. The Labute approximate surface area is 84.3 Å². The van der Waals surface area contributed by atoms with Crippen LogP contribution in [0.15, 0.2) is 18.3 Å². The Morgan fingerprint density at radius 3 is 3.00 bits per heavy atom. The molecule has 0 aromatic carbocycles. The summed E-state index contributed by atoms with van der Waals surface area (Å²) >= 11 is 0. The minimum atomic E-state index is 0.356. The van der Waals surface area contributed by atoms with Crippen molar-refractivity contribution in [3.05, 3.63) is 29.6 Å². The van der Waals surface area contributed by atoms with Crippen molar-refractivity contribution in [2.75, 3.05) is 0 Å². The van der Waals surface area contributed by atoms with Crippen LogP contribution in [0.25, 0.3) is 0 Å². The number of aryl methyl sites for hydroxylation is 1. The predicted octanol–water partition coefficient (Wildman–Crippen LogP) is 1.40. The van der Waals surface area contributed by atoms with Crippen molar-refractivity contribution in [1.82, 2.24) is 4.98 Å². The van der Waals surface area contributed by atoms with Crippen LogP contribution in [-0.4, -0.2) is 17.1 Å². The van der Waals surface area contributed by atoms with E-state index in [0.29, 0.717) is 18.8 Å². The normalized spacial score (nSPS) is 25.9. The van der Waals surface area contributed by atoms with Crippen molar-refractivity contribution in [2.24, 2.45) is 5.73 Å². The molecule has 0 amide bonds. The molecule has 3 heteroatoms. The van der Waals surface area contributed by atoms with Gasteiger partial charge in [0.05, 0.1) is 12.7 Å². The Morgan fingerprint density at radius 1 is 1.57 bits per heavy atom. The van der Waals surface area contributed by atoms with Crippen molar-refractivity contribution < 1.29 is 4.74 Å². The molecule has 0 spiro atoms. The number of hydrogen-bond acceptors (Lipinski definition) is 3. The van der Waals surface area contributed by atoms with E-state index >= 15 is 0 Å². The Bertz CT molecular complexity index is 308. The van der Waals surface area contributed by atoms with E-state index < -0.39 is 0 Å². The summed E-state index contributed by atoms with van der Waals surface area (Å²) in [5.74, 6) is 0. The van der Waals surface area contributed by atoms with Gasteiger partial charge in [0.2, 0.25) is 0 Å². The minimum absolute atomic E-state index is 0.356. The first-order chi connectivity index (χ1) is 6.75. The Hall–Kier alpha value is -0.930. The zero-order chi connectivity index (χ0) is 9.97. The second-order valence-corrected chi connectivity index (χ2v) is 3.91. The van der Waals surface area contributed by atoms with Gasteiger partial charge < -0.3 is 10.5 Å². The lowest BCUT2D eigenvalue weighted by Gasteiger charge is -2.32. The van der Waals surface area contributed by atoms with Gasteiger partial charge in [-0.1, -0.05) is 6.07 Å². The smallest absolute Gasteiger partial charge is 0.0738 e. The fraction of sp³-hybridized carbons (Fsp3) is 0.545. The molecular formula is C11H16N2O. The summed E-state index contributed by atoms with van der Waals surface area (Å²) in [6, 6.07) is 4.36. The summed E-state index contributed by atoms with van der Waals surface area (Å²) in [5.41, 5.74) is 7.90. The lowest BCUT2D eigenvalue weighted by molar-refractivity contribution is -0.0191. The summed E-state index contributed by atoms with van der Waals surface area (Å²) < 4.78 is 5.70. The van der Waals surface area contributed by atoms with E-state index in [2.05, 4.69) is 11.1 Å². The fourth-order valence-corrected chi connectivity index (χ4v) is 1.62. The molecule has 1 aromatic rings. The molecule has 2 N–H and O–H groups in total. The van der Waals surface area contributed by atoms with Crippen LogP contribution in [0, 0.1) is 6.92 Å². The van der Waals surface area contributed by atoms with E-state index in [0.717, 1.165) is 18.5 Å². The molecule has 1 fully saturated rings. The third-order valence-corrected chi connectivity index (χ3v) is 2.72.